The molecular formula is C23H23FN4O2. The van der Waals surface area contributed by atoms with Gasteiger partial charge in [-0.3, -0.25) is 4.79 Å². The number of fused-ring (bicyclic) bond motifs is 1. The predicted octanol–water partition coefficient (Wildman–Crippen LogP) is 3.71. The number of aromatic nitrogens is 2. The molecule has 4 rings (SSSR count). The van der Waals surface area contributed by atoms with E-state index in [1.807, 2.05) is 32.0 Å². The quantitative estimate of drug-likeness (QED) is 0.696. The molecule has 1 aromatic heterocycles. The third-order valence-corrected chi connectivity index (χ3v) is 5.51. The number of benzene rings is 2. The molecule has 0 radical (unpaired) electrons. The number of aryl methyl sites for hydroxylation is 1. The number of hydrogen-bond donors (Lipinski definition) is 2. The van der Waals surface area contributed by atoms with Gasteiger partial charge in [0.2, 0.25) is 0 Å². The van der Waals surface area contributed by atoms with Crippen molar-refractivity contribution in [3.8, 4) is 0 Å². The van der Waals surface area contributed by atoms with Crippen molar-refractivity contribution in [2.24, 2.45) is 0 Å². The van der Waals surface area contributed by atoms with Gasteiger partial charge >= 0.3 is 6.03 Å². The highest BCUT2D eigenvalue weighted by atomic mass is 19.1. The van der Waals surface area contributed by atoms with Crippen LogP contribution < -0.4 is 10.9 Å². The average molecular weight is 406 g/mol. The van der Waals surface area contributed by atoms with Crippen LogP contribution in [0, 0.1) is 19.7 Å². The first kappa shape index (κ1) is 19.8. The van der Waals surface area contributed by atoms with Crippen LogP contribution in [0.1, 0.15) is 33.8 Å². The van der Waals surface area contributed by atoms with Crippen molar-refractivity contribution < 1.29 is 9.18 Å². The molecule has 0 aliphatic carbocycles. The Morgan fingerprint density at radius 3 is 2.83 bits per heavy atom. The van der Waals surface area contributed by atoms with E-state index >= 15 is 0 Å². The van der Waals surface area contributed by atoms with Crippen molar-refractivity contribution in [3.63, 3.8) is 0 Å². The van der Waals surface area contributed by atoms with Crippen molar-refractivity contribution in [2.75, 3.05) is 11.9 Å². The Hall–Kier alpha value is -3.48. The first-order valence-electron chi connectivity index (χ1n) is 9.88. The monoisotopic (exact) mass is 406 g/mol. The number of anilines is 1. The summed E-state index contributed by atoms with van der Waals surface area (Å²) in [5.74, 6) is 0.177. The van der Waals surface area contributed by atoms with Crippen LogP contribution in [-0.4, -0.2) is 27.4 Å². The van der Waals surface area contributed by atoms with Gasteiger partial charge in [-0.05, 0) is 48.7 Å². The number of aromatic amines is 1. The lowest BCUT2D eigenvalue weighted by Crippen LogP contribution is -2.42. The number of H-pyrrole nitrogens is 1. The van der Waals surface area contributed by atoms with E-state index in [1.54, 1.807) is 17.0 Å². The van der Waals surface area contributed by atoms with Crippen LogP contribution in [0.4, 0.5) is 14.9 Å². The Morgan fingerprint density at radius 2 is 2.03 bits per heavy atom. The third kappa shape index (κ3) is 4.10. The van der Waals surface area contributed by atoms with E-state index in [0.717, 1.165) is 22.4 Å². The molecule has 0 fully saturated rings. The zero-order chi connectivity index (χ0) is 21.3. The van der Waals surface area contributed by atoms with Crippen molar-refractivity contribution >= 4 is 11.7 Å². The standard InChI is InChI=1S/C23H23FN4O2/c1-14-5-3-8-19(15(14)2)26-23(30)28-10-9-20-18(13-28)22(29)27-21(25-20)12-16-6-4-7-17(24)11-16/h3-8,11H,9-10,12-13H2,1-2H3,(H,26,30)(H,25,27,29). The molecular weight excluding hydrogens is 383 g/mol. The topological polar surface area (TPSA) is 78.1 Å². The number of carbonyl (C=O) groups is 1. The van der Waals surface area contributed by atoms with Gasteiger partial charge < -0.3 is 15.2 Å². The first-order chi connectivity index (χ1) is 14.4. The van der Waals surface area contributed by atoms with Gasteiger partial charge in [0, 0.05) is 25.1 Å². The van der Waals surface area contributed by atoms with Crippen LogP contribution in [0.5, 0.6) is 0 Å². The largest absolute Gasteiger partial charge is 0.322 e. The van der Waals surface area contributed by atoms with Crippen LogP contribution in [0.2, 0.25) is 0 Å². The third-order valence-electron chi connectivity index (χ3n) is 5.51. The molecule has 6 nitrogen and oxygen atoms in total. The Kier molecular flexibility index (Phi) is 5.35. The predicted molar refractivity (Wildman–Crippen MR) is 113 cm³/mol. The highest BCUT2D eigenvalue weighted by molar-refractivity contribution is 5.90. The Balaban J connectivity index is 1.50. The molecule has 0 saturated heterocycles. The number of carbonyl (C=O) groups excluding carboxylic acids is 1. The van der Waals surface area contributed by atoms with E-state index in [4.69, 9.17) is 0 Å². The fourth-order valence-electron chi connectivity index (χ4n) is 3.65. The smallest absolute Gasteiger partial charge is 0.320 e. The summed E-state index contributed by atoms with van der Waals surface area (Å²) in [5.41, 5.74) is 4.57. The zero-order valence-electron chi connectivity index (χ0n) is 17.0. The highest BCUT2D eigenvalue weighted by Gasteiger charge is 2.25. The Bertz CT molecular complexity index is 1170. The minimum atomic E-state index is -0.321. The van der Waals surface area contributed by atoms with E-state index in [-0.39, 0.29) is 24.0 Å². The number of nitrogens with one attached hydrogen (secondary N) is 2. The summed E-state index contributed by atoms with van der Waals surface area (Å²) in [5, 5.41) is 2.94. The van der Waals surface area contributed by atoms with Gasteiger partial charge in [-0.1, -0.05) is 24.3 Å². The second-order valence-electron chi connectivity index (χ2n) is 7.59. The lowest BCUT2D eigenvalue weighted by atomic mass is 10.1. The van der Waals surface area contributed by atoms with Crippen molar-refractivity contribution in [1.82, 2.24) is 14.9 Å². The molecule has 2 N–H and O–H groups in total. The van der Waals surface area contributed by atoms with Crippen molar-refractivity contribution in [3.05, 3.63) is 92.4 Å². The lowest BCUT2D eigenvalue weighted by molar-refractivity contribution is 0.205. The van der Waals surface area contributed by atoms with Gasteiger partial charge in [0.1, 0.15) is 11.6 Å². The van der Waals surface area contributed by atoms with Gasteiger partial charge in [-0.25, -0.2) is 14.2 Å². The zero-order valence-corrected chi connectivity index (χ0v) is 17.0. The van der Waals surface area contributed by atoms with Crippen LogP contribution >= 0.6 is 0 Å². The average Bonchev–Trinajstić information content (AvgIpc) is 2.71. The fraction of sp³-hybridized carbons (Fsp3) is 0.261. The summed E-state index contributed by atoms with van der Waals surface area (Å²) in [7, 11) is 0. The molecule has 1 aliphatic heterocycles. The molecule has 0 bridgehead atoms. The number of hydrogen-bond acceptors (Lipinski definition) is 3. The number of nitrogens with zero attached hydrogens (tertiary/aromatic N) is 2. The molecule has 2 heterocycles. The molecule has 3 aromatic rings. The van der Waals surface area contributed by atoms with E-state index in [2.05, 4.69) is 15.3 Å². The van der Waals surface area contributed by atoms with Crippen molar-refractivity contribution in [2.45, 2.75) is 33.2 Å². The van der Waals surface area contributed by atoms with Crippen LogP contribution in [-0.2, 0) is 19.4 Å². The number of amides is 2. The van der Waals surface area contributed by atoms with Gasteiger partial charge in [0.05, 0.1) is 17.8 Å². The molecule has 0 unspecified atom stereocenters. The van der Waals surface area contributed by atoms with Gasteiger partial charge in [-0.2, -0.15) is 0 Å². The van der Waals surface area contributed by atoms with Gasteiger partial charge in [-0.15, -0.1) is 0 Å². The minimum Gasteiger partial charge on any atom is -0.320 e. The van der Waals surface area contributed by atoms with Crippen LogP contribution in [0.3, 0.4) is 0 Å². The molecule has 2 amide bonds. The second-order valence-corrected chi connectivity index (χ2v) is 7.59. The van der Waals surface area contributed by atoms with Crippen LogP contribution in [0.15, 0.2) is 47.3 Å². The molecule has 0 saturated carbocycles. The SMILES string of the molecule is Cc1cccc(NC(=O)N2CCc3nc(Cc4cccc(F)c4)[nH]c(=O)c3C2)c1C. The fourth-order valence-corrected chi connectivity index (χ4v) is 3.65. The summed E-state index contributed by atoms with van der Waals surface area (Å²) >= 11 is 0. The summed E-state index contributed by atoms with van der Waals surface area (Å²) < 4.78 is 13.4. The Morgan fingerprint density at radius 1 is 1.23 bits per heavy atom. The minimum absolute atomic E-state index is 0.203. The van der Waals surface area contributed by atoms with E-state index < -0.39 is 0 Å². The lowest BCUT2D eigenvalue weighted by Gasteiger charge is -2.28. The molecule has 0 spiro atoms. The number of rotatable bonds is 3. The van der Waals surface area contributed by atoms with E-state index in [0.29, 0.717) is 36.5 Å². The van der Waals surface area contributed by atoms with Gasteiger partial charge in [0.15, 0.2) is 0 Å². The number of halogens is 1. The maximum atomic E-state index is 13.4. The molecule has 1 aliphatic rings. The van der Waals surface area contributed by atoms with E-state index in [9.17, 15) is 14.0 Å². The maximum absolute atomic E-state index is 13.4. The molecule has 2 aromatic carbocycles. The van der Waals surface area contributed by atoms with E-state index in [1.165, 1.54) is 12.1 Å². The normalized spacial score (nSPS) is 13.1. The molecule has 30 heavy (non-hydrogen) atoms. The highest BCUT2D eigenvalue weighted by Crippen LogP contribution is 2.20. The Labute approximate surface area is 173 Å². The summed E-state index contributed by atoms with van der Waals surface area (Å²) in [6.45, 7) is 4.63. The number of urea groups is 1. The van der Waals surface area contributed by atoms with Crippen molar-refractivity contribution in [1.29, 1.82) is 0 Å². The first-order valence-corrected chi connectivity index (χ1v) is 9.88. The summed E-state index contributed by atoms with van der Waals surface area (Å²) in [4.78, 5) is 34.3. The maximum Gasteiger partial charge on any atom is 0.322 e. The van der Waals surface area contributed by atoms with Crippen LogP contribution in [0.25, 0.3) is 0 Å². The molecule has 7 heteroatoms. The molecule has 0 atom stereocenters. The second kappa shape index (κ2) is 8.10. The molecule has 154 valence electrons. The van der Waals surface area contributed by atoms with Gasteiger partial charge in [0.25, 0.3) is 5.56 Å². The summed E-state index contributed by atoms with van der Waals surface area (Å²) in [6.07, 6.45) is 0.840. The summed E-state index contributed by atoms with van der Waals surface area (Å²) in [6, 6.07) is 11.8.